The molecule has 0 bridgehead atoms. The molecule has 0 aliphatic carbocycles. The van der Waals surface area contributed by atoms with Crippen molar-refractivity contribution in [3.8, 4) is 22.6 Å². The van der Waals surface area contributed by atoms with E-state index in [0.717, 1.165) is 34.1 Å². The molecule has 0 heterocycles. The Kier molecular flexibility index (Phi) is 5.38. The summed E-state index contributed by atoms with van der Waals surface area (Å²) in [5.41, 5.74) is 4.24. The van der Waals surface area contributed by atoms with Crippen LogP contribution in [0, 0.1) is 13.8 Å². The lowest BCUT2D eigenvalue weighted by atomic mass is 9.96. The maximum Gasteiger partial charge on any atom is 0.335 e. The zero-order valence-electron chi connectivity index (χ0n) is 14.0. The molecule has 2 rings (SSSR count). The Bertz CT molecular complexity index is 746. The summed E-state index contributed by atoms with van der Waals surface area (Å²) in [5, 5.41) is 0. The van der Waals surface area contributed by atoms with Crippen LogP contribution < -0.4 is 9.47 Å². The highest BCUT2D eigenvalue weighted by Gasteiger charge is 2.09. The van der Waals surface area contributed by atoms with Crippen molar-refractivity contribution in [2.45, 2.75) is 13.8 Å². The number of ether oxygens (including phenoxy) is 2. The van der Waals surface area contributed by atoms with Crippen LogP contribution in [0.1, 0.15) is 11.1 Å². The lowest BCUT2D eigenvalue weighted by molar-refractivity contribution is -0.128. The Hall–Kier alpha value is -3.07. The summed E-state index contributed by atoms with van der Waals surface area (Å²) >= 11 is 0. The first kappa shape index (κ1) is 17.3. The molecule has 0 saturated carbocycles. The topological polar surface area (TPSA) is 35.5 Å². The van der Waals surface area contributed by atoms with E-state index in [9.17, 15) is 4.79 Å². The second kappa shape index (κ2) is 7.47. The average Bonchev–Trinajstić information content (AvgIpc) is 2.55. The number of esters is 1. The number of carbonyl (C=O) groups excluding carboxylic acids is 1. The fourth-order valence-corrected chi connectivity index (χ4v) is 2.35. The number of rotatable bonds is 6. The van der Waals surface area contributed by atoms with Crippen molar-refractivity contribution < 1.29 is 14.3 Å². The molecule has 24 heavy (non-hydrogen) atoms. The predicted molar refractivity (Wildman–Crippen MR) is 97.1 cm³/mol. The van der Waals surface area contributed by atoms with Crippen LogP contribution in [-0.2, 0) is 4.79 Å². The number of hydrogen-bond donors (Lipinski definition) is 0. The Morgan fingerprint density at radius 3 is 1.79 bits per heavy atom. The SMILES string of the molecule is C=CC(=C)Oc1ccc(-c2ccc(OC(=O)C=C)cc2C)c(C)c1. The van der Waals surface area contributed by atoms with Crippen LogP contribution >= 0.6 is 0 Å². The first-order valence-corrected chi connectivity index (χ1v) is 7.49. The zero-order valence-corrected chi connectivity index (χ0v) is 14.0. The number of carbonyl (C=O) groups is 1. The minimum absolute atomic E-state index is 0.470. The van der Waals surface area contributed by atoms with Gasteiger partial charge in [0.25, 0.3) is 0 Å². The molecule has 0 amide bonds. The number of aryl methyl sites for hydroxylation is 2. The number of benzene rings is 2. The summed E-state index contributed by atoms with van der Waals surface area (Å²) < 4.78 is 10.7. The van der Waals surface area contributed by atoms with Gasteiger partial charge in [0.15, 0.2) is 0 Å². The zero-order chi connectivity index (χ0) is 17.7. The van der Waals surface area contributed by atoms with Gasteiger partial charge in [0.05, 0.1) is 0 Å². The minimum Gasteiger partial charge on any atom is -0.458 e. The maximum atomic E-state index is 11.3. The van der Waals surface area contributed by atoms with Crippen LogP contribution in [0.2, 0.25) is 0 Å². The monoisotopic (exact) mass is 320 g/mol. The Balaban J connectivity index is 2.31. The highest BCUT2D eigenvalue weighted by molar-refractivity contribution is 5.83. The molecule has 0 N–H and O–H groups in total. The highest BCUT2D eigenvalue weighted by Crippen LogP contribution is 2.31. The van der Waals surface area contributed by atoms with E-state index >= 15 is 0 Å². The highest BCUT2D eigenvalue weighted by atomic mass is 16.5. The van der Waals surface area contributed by atoms with Crippen LogP contribution in [0.5, 0.6) is 11.5 Å². The summed E-state index contributed by atoms with van der Waals surface area (Å²) in [5.74, 6) is 1.25. The third-order valence-electron chi connectivity index (χ3n) is 3.55. The van der Waals surface area contributed by atoms with E-state index < -0.39 is 5.97 Å². The molecule has 0 aromatic heterocycles. The molecule has 0 spiro atoms. The van der Waals surface area contributed by atoms with Gasteiger partial charge in [-0.25, -0.2) is 4.79 Å². The number of hydrogen-bond acceptors (Lipinski definition) is 3. The van der Waals surface area contributed by atoms with Crippen molar-refractivity contribution in [1.29, 1.82) is 0 Å². The largest absolute Gasteiger partial charge is 0.458 e. The lowest BCUT2D eigenvalue weighted by Gasteiger charge is -2.13. The molecule has 0 saturated heterocycles. The van der Waals surface area contributed by atoms with Crippen LogP contribution in [0.25, 0.3) is 11.1 Å². The van der Waals surface area contributed by atoms with Gasteiger partial charge in [0.2, 0.25) is 0 Å². The second-order valence-corrected chi connectivity index (χ2v) is 5.35. The minimum atomic E-state index is -0.470. The average molecular weight is 320 g/mol. The van der Waals surface area contributed by atoms with Crippen molar-refractivity contribution >= 4 is 5.97 Å². The van der Waals surface area contributed by atoms with Gasteiger partial charge in [-0.05, 0) is 66.4 Å². The van der Waals surface area contributed by atoms with Gasteiger partial charge in [-0.15, -0.1) is 0 Å². The van der Waals surface area contributed by atoms with E-state index in [2.05, 4.69) is 19.7 Å². The Labute approximate surface area is 142 Å². The van der Waals surface area contributed by atoms with E-state index in [4.69, 9.17) is 9.47 Å². The molecule has 0 unspecified atom stereocenters. The molecule has 0 aliphatic heterocycles. The molecule has 2 aromatic carbocycles. The quantitative estimate of drug-likeness (QED) is 0.243. The van der Waals surface area contributed by atoms with Gasteiger partial charge < -0.3 is 9.47 Å². The van der Waals surface area contributed by atoms with Crippen molar-refractivity contribution in [3.63, 3.8) is 0 Å². The molecule has 0 atom stereocenters. The summed E-state index contributed by atoms with van der Waals surface area (Å²) in [6, 6.07) is 11.4. The van der Waals surface area contributed by atoms with Gasteiger partial charge in [-0.3, -0.25) is 0 Å². The predicted octanol–water partition coefficient (Wildman–Crippen LogP) is 5.14. The summed E-state index contributed by atoms with van der Waals surface area (Å²) in [4.78, 5) is 11.3. The van der Waals surface area contributed by atoms with E-state index in [1.54, 1.807) is 12.1 Å². The molecule has 3 heteroatoms. The van der Waals surface area contributed by atoms with E-state index in [-0.39, 0.29) is 0 Å². The van der Waals surface area contributed by atoms with E-state index in [1.165, 1.54) is 0 Å². The fraction of sp³-hybridized carbons (Fsp3) is 0.0952. The van der Waals surface area contributed by atoms with Crippen molar-refractivity contribution in [2.75, 3.05) is 0 Å². The number of allylic oxidation sites excluding steroid dienone is 1. The fourth-order valence-electron chi connectivity index (χ4n) is 2.35. The molecule has 0 radical (unpaired) electrons. The van der Waals surface area contributed by atoms with Crippen molar-refractivity contribution in [3.05, 3.63) is 85.2 Å². The molecular formula is C21H20O3. The molecule has 2 aromatic rings. The smallest absolute Gasteiger partial charge is 0.335 e. The second-order valence-electron chi connectivity index (χ2n) is 5.35. The van der Waals surface area contributed by atoms with Gasteiger partial charge in [0.1, 0.15) is 17.3 Å². The van der Waals surface area contributed by atoms with Crippen LogP contribution in [-0.4, -0.2) is 5.97 Å². The van der Waals surface area contributed by atoms with Crippen molar-refractivity contribution in [2.24, 2.45) is 0 Å². The van der Waals surface area contributed by atoms with Crippen LogP contribution in [0.3, 0.4) is 0 Å². The van der Waals surface area contributed by atoms with Gasteiger partial charge >= 0.3 is 5.97 Å². The summed E-state index contributed by atoms with van der Waals surface area (Å²) in [6.07, 6.45) is 2.71. The Morgan fingerprint density at radius 1 is 0.875 bits per heavy atom. The van der Waals surface area contributed by atoms with Crippen LogP contribution in [0.4, 0.5) is 0 Å². The van der Waals surface area contributed by atoms with Crippen molar-refractivity contribution in [1.82, 2.24) is 0 Å². The van der Waals surface area contributed by atoms with Gasteiger partial charge in [0, 0.05) is 6.08 Å². The normalized spacial score (nSPS) is 9.92. The standard InChI is InChI=1S/C21H20O3/c1-6-16(5)23-17-8-10-19(14(3)12-17)20-11-9-18(13-15(20)4)24-21(22)7-2/h6-13H,1-2,5H2,3-4H3. The van der Waals surface area contributed by atoms with E-state index in [1.807, 2.05) is 44.2 Å². The lowest BCUT2D eigenvalue weighted by Crippen LogP contribution is -2.03. The van der Waals surface area contributed by atoms with Crippen LogP contribution in [0.15, 0.2) is 74.0 Å². The first-order valence-electron chi connectivity index (χ1n) is 7.49. The van der Waals surface area contributed by atoms with Gasteiger partial charge in [-0.2, -0.15) is 0 Å². The first-order chi connectivity index (χ1) is 11.4. The van der Waals surface area contributed by atoms with E-state index in [0.29, 0.717) is 11.5 Å². The molecular weight excluding hydrogens is 300 g/mol. The Morgan fingerprint density at radius 2 is 1.38 bits per heavy atom. The molecule has 0 aliphatic rings. The molecule has 0 fully saturated rings. The summed E-state index contributed by atoms with van der Waals surface area (Å²) in [6.45, 7) is 14.8. The third-order valence-corrected chi connectivity index (χ3v) is 3.55. The molecule has 3 nitrogen and oxygen atoms in total. The maximum absolute atomic E-state index is 11.3. The molecule has 122 valence electrons. The third kappa shape index (κ3) is 4.02. The summed E-state index contributed by atoms with van der Waals surface area (Å²) in [7, 11) is 0. The van der Waals surface area contributed by atoms with Gasteiger partial charge in [-0.1, -0.05) is 31.9 Å².